The van der Waals surface area contributed by atoms with E-state index < -0.39 is 0 Å². The molecule has 0 aromatic heterocycles. The molecule has 0 aromatic carbocycles. The second-order valence-electron chi connectivity index (χ2n) is 8.69. The molecule has 5 fully saturated rings. The van der Waals surface area contributed by atoms with Gasteiger partial charge in [-0.2, -0.15) is 0 Å². The monoisotopic (exact) mass is 306 g/mol. The Morgan fingerprint density at radius 1 is 1.18 bits per heavy atom. The van der Waals surface area contributed by atoms with Crippen LogP contribution in [0.1, 0.15) is 58.3 Å². The van der Waals surface area contributed by atoms with E-state index in [2.05, 4.69) is 12.2 Å². The molecule has 5 rings (SSSR count). The van der Waals surface area contributed by atoms with Gasteiger partial charge in [0.1, 0.15) is 0 Å². The van der Waals surface area contributed by atoms with Gasteiger partial charge in [-0.25, -0.2) is 4.79 Å². The first-order chi connectivity index (χ1) is 10.5. The molecule has 2 atom stereocenters. The summed E-state index contributed by atoms with van der Waals surface area (Å²) in [6.07, 6.45) is 9.70. The number of hydrogen-bond acceptors (Lipinski definition) is 2. The first-order valence-corrected chi connectivity index (χ1v) is 9.27. The maximum Gasteiger partial charge on any atom is 0.317 e. The third-order valence-electron chi connectivity index (χ3n) is 7.03. The number of aliphatic hydroxyl groups is 1. The van der Waals surface area contributed by atoms with E-state index in [0.29, 0.717) is 12.0 Å². The van der Waals surface area contributed by atoms with Crippen molar-refractivity contribution in [1.82, 2.24) is 10.2 Å². The van der Waals surface area contributed by atoms with Gasteiger partial charge < -0.3 is 15.3 Å². The molecule has 5 aliphatic rings. The van der Waals surface area contributed by atoms with Gasteiger partial charge in [-0.15, -0.1) is 0 Å². The molecule has 1 saturated heterocycles. The van der Waals surface area contributed by atoms with Crippen molar-refractivity contribution in [2.24, 2.45) is 23.2 Å². The highest BCUT2D eigenvalue weighted by Gasteiger charge is 2.53. The molecular weight excluding hydrogens is 276 g/mol. The van der Waals surface area contributed by atoms with Crippen molar-refractivity contribution in [3.05, 3.63) is 0 Å². The molecule has 1 heterocycles. The highest BCUT2D eigenvalue weighted by atomic mass is 16.3. The number of β-amino-alcohol motifs (C(OH)–C–C–N with tert-alkyl or cyclic N) is 1. The van der Waals surface area contributed by atoms with E-state index in [1.807, 2.05) is 4.90 Å². The van der Waals surface area contributed by atoms with Gasteiger partial charge in [0.2, 0.25) is 0 Å². The number of urea groups is 1. The number of amides is 2. The highest BCUT2D eigenvalue weighted by Crippen LogP contribution is 2.61. The molecule has 0 spiro atoms. The lowest BCUT2D eigenvalue weighted by Crippen LogP contribution is -2.58. The number of nitrogens with zero attached hydrogens (tertiary/aromatic N) is 1. The second-order valence-corrected chi connectivity index (χ2v) is 8.69. The number of hydrogen-bond donors (Lipinski definition) is 2. The normalized spacial score (nSPS) is 44.9. The SMILES string of the molecule is CC(NC(=O)N1CCCC(O)C1)C12CC3CC(CC(C3)C1)C2. The number of likely N-dealkylation sites (tertiary alicyclic amines) is 1. The average Bonchev–Trinajstić information content (AvgIpc) is 2.45. The zero-order chi connectivity index (χ0) is 15.3. The van der Waals surface area contributed by atoms with Gasteiger partial charge in [0, 0.05) is 19.1 Å². The molecule has 2 N–H and O–H groups in total. The lowest BCUT2D eigenvalue weighted by atomic mass is 9.48. The number of carbonyl (C=O) groups is 1. The van der Waals surface area contributed by atoms with Crippen molar-refractivity contribution in [1.29, 1.82) is 0 Å². The standard InChI is InChI=1S/C18H30N2O2/c1-12(19-17(22)20-4-2-3-16(21)11-20)18-8-13-5-14(9-18)7-15(6-13)10-18/h12-16,21H,2-11H2,1H3,(H,19,22). The Kier molecular flexibility index (Phi) is 3.63. The van der Waals surface area contributed by atoms with Gasteiger partial charge in [0.05, 0.1) is 6.10 Å². The van der Waals surface area contributed by atoms with Crippen LogP contribution in [-0.4, -0.2) is 41.3 Å². The zero-order valence-corrected chi connectivity index (χ0v) is 13.8. The van der Waals surface area contributed by atoms with Crippen LogP contribution in [-0.2, 0) is 0 Å². The van der Waals surface area contributed by atoms with E-state index in [9.17, 15) is 9.90 Å². The number of piperidine rings is 1. The molecule has 4 saturated carbocycles. The summed E-state index contributed by atoms with van der Waals surface area (Å²) in [5, 5.41) is 13.1. The minimum absolute atomic E-state index is 0.0435. The van der Waals surface area contributed by atoms with E-state index in [4.69, 9.17) is 0 Å². The zero-order valence-electron chi connectivity index (χ0n) is 13.8. The van der Waals surface area contributed by atoms with Crippen molar-refractivity contribution in [2.75, 3.05) is 13.1 Å². The quantitative estimate of drug-likeness (QED) is 0.824. The van der Waals surface area contributed by atoms with Crippen LogP contribution in [0.5, 0.6) is 0 Å². The van der Waals surface area contributed by atoms with E-state index in [0.717, 1.165) is 37.1 Å². The summed E-state index contributed by atoms with van der Waals surface area (Å²) in [4.78, 5) is 14.4. The second kappa shape index (κ2) is 5.40. The van der Waals surface area contributed by atoms with Gasteiger partial charge in [-0.3, -0.25) is 0 Å². The summed E-state index contributed by atoms with van der Waals surface area (Å²) in [5.41, 5.74) is 0.360. The molecule has 1 aliphatic heterocycles. The fourth-order valence-electron chi connectivity index (χ4n) is 6.28. The summed E-state index contributed by atoms with van der Waals surface area (Å²) < 4.78 is 0. The highest BCUT2D eigenvalue weighted by molar-refractivity contribution is 5.74. The third kappa shape index (κ3) is 2.53. The van der Waals surface area contributed by atoms with E-state index >= 15 is 0 Å². The Hall–Kier alpha value is -0.770. The first kappa shape index (κ1) is 14.8. The Bertz CT molecular complexity index is 415. The largest absolute Gasteiger partial charge is 0.391 e. The van der Waals surface area contributed by atoms with E-state index in [1.165, 1.54) is 38.5 Å². The predicted molar refractivity (Wildman–Crippen MR) is 85.4 cm³/mol. The fraction of sp³-hybridized carbons (Fsp3) is 0.944. The van der Waals surface area contributed by atoms with Crippen LogP contribution < -0.4 is 5.32 Å². The summed E-state index contributed by atoms with van der Waals surface area (Å²) >= 11 is 0. The maximum atomic E-state index is 12.6. The molecule has 2 unspecified atom stereocenters. The molecular formula is C18H30N2O2. The van der Waals surface area contributed by atoms with Gasteiger partial charge in [-0.1, -0.05) is 0 Å². The molecule has 22 heavy (non-hydrogen) atoms. The van der Waals surface area contributed by atoms with Crippen molar-refractivity contribution in [3.63, 3.8) is 0 Å². The number of rotatable bonds is 2. The summed E-state index contributed by atoms with van der Waals surface area (Å²) in [5.74, 6) is 2.76. The number of carbonyl (C=O) groups excluding carboxylic acids is 1. The molecule has 4 nitrogen and oxygen atoms in total. The minimum Gasteiger partial charge on any atom is -0.391 e. The lowest BCUT2D eigenvalue weighted by molar-refractivity contribution is -0.0690. The molecule has 4 heteroatoms. The van der Waals surface area contributed by atoms with Crippen LogP contribution in [0.4, 0.5) is 4.79 Å². The molecule has 0 radical (unpaired) electrons. The van der Waals surface area contributed by atoms with Crippen LogP contribution in [0, 0.1) is 23.2 Å². The molecule has 4 aliphatic carbocycles. The molecule has 2 amide bonds. The first-order valence-electron chi connectivity index (χ1n) is 9.27. The maximum absolute atomic E-state index is 12.6. The van der Waals surface area contributed by atoms with Gasteiger partial charge >= 0.3 is 6.03 Å². The van der Waals surface area contributed by atoms with Crippen molar-refractivity contribution >= 4 is 6.03 Å². The third-order valence-corrected chi connectivity index (χ3v) is 7.03. The van der Waals surface area contributed by atoms with Crippen molar-refractivity contribution in [2.45, 2.75) is 70.4 Å². The lowest BCUT2D eigenvalue weighted by Gasteiger charge is -2.59. The Morgan fingerprint density at radius 2 is 1.77 bits per heavy atom. The summed E-state index contributed by atoms with van der Waals surface area (Å²) in [6, 6.07) is 0.314. The number of nitrogens with one attached hydrogen (secondary N) is 1. The summed E-state index contributed by atoms with van der Waals surface area (Å²) in [7, 11) is 0. The smallest absolute Gasteiger partial charge is 0.317 e. The molecule has 0 aromatic rings. The van der Waals surface area contributed by atoms with Gasteiger partial charge in [0.25, 0.3) is 0 Å². The Labute approximate surface area is 133 Å². The van der Waals surface area contributed by atoms with Crippen molar-refractivity contribution in [3.8, 4) is 0 Å². The molecule has 4 bridgehead atoms. The Balaban J connectivity index is 1.41. The van der Waals surface area contributed by atoms with Crippen LogP contribution in [0.25, 0.3) is 0 Å². The topological polar surface area (TPSA) is 52.6 Å². The fourth-order valence-corrected chi connectivity index (χ4v) is 6.28. The van der Waals surface area contributed by atoms with E-state index in [-0.39, 0.29) is 18.2 Å². The average molecular weight is 306 g/mol. The summed E-state index contributed by atoms with van der Waals surface area (Å²) in [6.45, 7) is 3.52. The van der Waals surface area contributed by atoms with Gasteiger partial charge in [-0.05, 0) is 81.5 Å². The van der Waals surface area contributed by atoms with Crippen LogP contribution in [0.2, 0.25) is 0 Å². The van der Waals surface area contributed by atoms with Crippen LogP contribution in [0.15, 0.2) is 0 Å². The van der Waals surface area contributed by atoms with Gasteiger partial charge in [0.15, 0.2) is 0 Å². The van der Waals surface area contributed by atoms with Crippen LogP contribution in [0.3, 0.4) is 0 Å². The van der Waals surface area contributed by atoms with E-state index in [1.54, 1.807) is 0 Å². The van der Waals surface area contributed by atoms with Crippen molar-refractivity contribution < 1.29 is 9.90 Å². The minimum atomic E-state index is -0.339. The van der Waals surface area contributed by atoms with Crippen LogP contribution >= 0.6 is 0 Å². The predicted octanol–water partition coefficient (Wildman–Crippen LogP) is 2.76. The Morgan fingerprint density at radius 3 is 2.32 bits per heavy atom. The molecule has 124 valence electrons. The number of aliphatic hydroxyl groups excluding tert-OH is 1.